The number of amides is 2. The zero-order valence-corrected chi connectivity index (χ0v) is 10.9. The van der Waals surface area contributed by atoms with E-state index in [1.165, 1.54) is 0 Å². The van der Waals surface area contributed by atoms with Crippen LogP contribution >= 0.6 is 0 Å². The minimum absolute atomic E-state index is 0.192. The predicted octanol–water partition coefficient (Wildman–Crippen LogP) is 0.584. The van der Waals surface area contributed by atoms with Crippen molar-refractivity contribution in [2.75, 3.05) is 6.54 Å². The molecule has 1 aromatic heterocycles. The molecule has 18 heavy (non-hydrogen) atoms. The maximum Gasteiger partial charge on any atom is 0.315 e. The highest BCUT2D eigenvalue weighted by Crippen LogP contribution is 2.03. The highest BCUT2D eigenvalue weighted by atomic mass is 16.5. The predicted molar refractivity (Wildman–Crippen MR) is 64.7 cm³/mol. The van der Waals surface area contributed by atoms with Gasteiger partial charge in [0, 0.05) is 13.5 Å². The van der Waals surface area contributed by atoms with Gasteiger partial charge in [-0.3, -0.25) is 0 Å². The average Bonchev–Trinajstić information content (AvgIpc) is 2.72. The van der Waals surface area contributed by atoms with Crippen molar-refractivity contribution in [3.63, 3.8) is 0 Å². The summed E-state index contributed by atoms with van der Waals surface area (Å²) >= 11 is 0. The molecule has 0 radical (unpaired) electrons. The highest BCUT2D eigenvalue weighted by molar-refractivity contribution is 5.73. The fourth-order valence-corrected chi connectivity index (χ4v) is 1.30. The Balaban J connectivity index is 2.14. The Morgan fingerprint density at radius 3 is 2.72 bits per heavy atom. The van der Waals surface area contributed by atoms with Gasteiger partial charge in [0.2, 0.25) is 5.89 Å². The van der Waals surface area contributed by atoms with E-state index in [1.54, 1.807) is 6.92 Å². The molecule has 0 saturated carbocycles. The van der Waals surface area contributed by atoms with Gasteiger partial charge < -0.3 is 20.3 Å². The first-order valence-corrected chi connectivity index (χ1v) is 5.98. The molecule has 0 bridgehead atoms. The number of hydrogen-bond donors (Lipinski definition) is 3. The maximum atomic E-state index is 11.4. The van der Waals surface area contributed by atoms with Crippen molar-refractivity contribution in [2.45, 2.75) is 39.8 Å². The minimum atomic E-state index is -0.398. The standard InChI is InChI=1S/C11H20N4O3/c1-7(2)9(16)4-5-12-11(17)13-6-10-14-8(3)18-15-10/h7,9,16H,4-6H2,1-3H3,(H2,12,13,17). The van der Waals surface area contributed by atoms with E-state index >= 15 is 0 Å². The molecule has 7 heteroatoms. The number of rotatable bonds is 6. The van der Waals surface area contributed by atoms with Crippen LogP contribution in [0.15, 0.2) is 4.52 Å². The Hall–Kier alpha value is -1.63. The lowest BCUT2D eigenvalue weighted by Crippen LogP contribution is -2.37. The molecule has 1 heterocycles. The van der Waals surface area contributed by atoms with Crippen molar-refractivity contribution in [3.8, 4) is 0 Å². The molecule has 0 aliphatic carbocycles. The first kappa shape index (κ1) is 14.4. The third kappa shape index (κ3) is 5.13. The molecule has 0 aliphatic heterocycles. The Morgan fingerprint density at radius 2 is 2.17 bits per heavy atom. The molecule has 0 spiro atoms. The summed E-state index contributed by atoms with van der Waals surface area (Å²) in [6, 6.07) is -0.312. The number of nitrogens with one attached hydrogen (secondary N) is 2. The summed E-state index contributed by atoms with van der Waals surface area (Å²) in [7, 11) is 0. The molecule has 7 nitrogen and oxygen atoms in total. The van der Waals surface area contributed by atoms with Crippen molar-refractivity contribution in [1.82, 2.24) is 20.8 Å². The van der Waals surface area contributed by atoms with Gasteiger partial charge in [-0.25, -0.2) is 4.79 Å². The number of urea groups is 1. The van der Waals surface area contributed by atoms with Crippen molar-refractivity contribution in [1.29, 1.82) is 0 Å². The second kappa shape index (κ2) is 6.95. The lowest BCUT2D eigenvalue weighted by molar-refractivity contribution is 0.116. The van der Waals surface area contributed by atoms with Crippen LogP contribution in [0.1, 0.15) is 32.0 Å². The molecule has 0 aromatic carbocycles. The number of aryl methyl sites for hydroxylation is 1. The van der Waals surface area contributed by atoms with Crippen LogP contribution in [-0.2, 0) is 6.54 Å². The van der Waals surface area contributed by atoms with Gasteiger partial charge in [0.1, 0.15) is 0 Å². The summed E-state index contributed by atoms with van der Waals surface area (Å²) in [6.07, 6.45) is 0.136. The maximum absolute atomic E-state index is 11.4. The monoisotopic (exact) mass is 256 g/mol. The summed E-state index contributed by atoms with van der Waals surface area (Å²) < 4.78 is 4.77. The molecule has 0 saturated heterocycles. The number of nitrogens with zero attached hydrogens (tertiary/aromatic N) is 2. The van der Waals surface area contributed by atoms with E-state index in [9.17, 15) is 9.90 Å². The van der Waals surface area contributed by atoms with Crippen LogP contribution in [0, 0.1) is 12.8 Å². The lowest BCUT2D eigenvalue weighted by atomic mass is 10.0. The lowest BCUT2D eigenvalue weighted by Gasteiger charge is -2.14. The number of carbonyl (C=O) groups is 1. The Bertz CT molecular complexity index is 378. The fourth-order valence-electron chi connectivity index (χ4n) is 1.30. The molecule has 3 N–H and O–H groups in total. The highest BCUT2D eigenvalue weighted by Gasteiger charge is 2.09. The van der Waals surface area contributed by atoms with E-state index in [-0.39, 0.29) is 18.5 Å². The number of carbonyl (C=O) groups excluding carboxylic acids is 1. The number of aliphatic hydroxyl groups excluding tert-OH is 1. The summed E-state index contributed by atoms with van der Waals surface area (Å²) in [5.74, 6) is 1.09. The Labute approximate surface area is 106 Å². The zero-order chi connectivity index (χ0) is 13.5. The quantitative estimate of drug-likeness (QED) is 0.691. The van der Waals surface area contributed by atoms with Gasteiger partial charge in [-0.05, 0) is 12.3 Å². The molecule has 1 aromatic rings. The third-order valence-corrected chi connectivity index (χ3v) is 2.47. The smallest absolute Gasteiger partial charge is 0.315 e. The molecule has 1 unspecified atom stereocenters. The van der Waals surface area contributed by atoms with E-state index in [1.807, 2.05) is 13.8 Å². The van der Waals surface area contributed by atoms with Crippen LogP contribution in [0.3, 0.4) is 0 Å². The molecule has 2 amide bonds. The summed E-state index contributed by atoms with van der Waals surface area (Å²) in [4.78, 5) is 15.3. The molecular weight excluding hydrogens is 236 g/mol. The first-order chi connectivity index (χ1) is 8.49. The van der Waals surface area contributed by atoms with Crippen molar-refractivity contribution in [2.24, 2.45) is 5.92 Å². The van der Waals surface area contributed by atoms with Crippen molar-refractivity contribution in [3.05, 3.63) is 11.7 Å². The van der Waals surface area contributed by atoms with E-state index in [0.717, 1.165) is 0 Å². The molecular formula is C11H20N4O3. The second-order valence-electron chi connectivity index (χ2n) is 4.44. The van der Waals surface area contributed by atoms with Gasteiger partial charge in [-0.1, -0.05) is 19.0 Å². The van der Waals surface area contributed by atoms with Gasteiger partial charge in [0.05, 0.1) is 12.6 Å². The van der Waals surface area contributed by atoms with E-state index in [2.05, 4.69) is 20.8 Å². The summed E-state index contributed by atoms with van der Waals surface area (Å²) in [5.41, 5.74) is 0. The van der Waals surface area contributed by atoms with Crippen LogP contribution in [-0.4, -0.2) is 33.9 Å². The van der Waals surface area contributed by atoms with Gasteiger partial charge in [-0.15, -0.1) is 0 Å². The topological polar surface area (TPSA) is 100 Å². The summed E-state index contributed by atoms with van der Waals surface area (Å²) in [5, 5.41) is 18.4. The van der Waals surface area contributed by atoms with Crippen LogP contribution in [0.4, 0.5) is 4.79 Å². The number of aromatic nitrogens is 2. The number of hydrogen-bond acceptors (Lipinski definition) is 5. The van der Waals surface area contributed by atoms with E-state index in [4.69, 9.17) is 4.52 Å². The first-order valence-electron chi connectivity index (χ1n) is 5.98. The van der Waals surface area contributed by atoms with Crippen LogP contribution < -0.4 is 10.6 Å². The second-order valence-corrected chi connectivity index (χ2v) is 4.44. The van der Waals surface area contributed by atoms with Gasteiger partial charge >= 0.3 is 6.03 Å². The van der Waals surface area contributed by atoms with Gasteiger partial charge in [-0.2, -0.15) is 4.98 Å². The minimum Gasteiger partial charge on any atom is -0.393 e. The van der Waals surface area contributed by atoms with Crippen molar-refractivity contribution < 1.29 is 14.4 Å². The van der Waals surface area contributed by atoms with Crippen LogP contribution in [0.25, 0.3) is 0 Å². The van der Waals surface area contributed by atoms with Crippen molar-refractivity contribution >= 4 is 6.03 Å². The fraction of sp³-hybridized carbons (Fsp3) is 0.727. The van der Waals surface area contributed by atoms with E-state index in [0.29, 0.717) is 24.7 Å². The molecule has 0 aliphatic rings. The Morgan fingerprint density at radius 1 is 1.44 bits per heavy atom. The molecule has 1 atom stereocenters. The average molecular weight is 256 g/mol. The SMILES string of the molecule is Cc1nc(CNC(=O)NCCC(O)C(C)C)no1. The zero-order valence-electron chi connectivity index (χ0n) is 10.9. The van der Waals surface area contributed by atoms with Crippen LogP contribution in [0.2, 0.25) is 0 Å². The molecule has 102 valence electrons. The largest absolute Gasteiger partial charge is 0.393 e. The Kier molecular flexibility index (Phi) is 5.57. The molecule has 1 rings (SSSR count). The number of aliphatic hydroxyl groups is 1. The van der Waals surface area contributed by atoms with E-state index < -0.39 is 6.10 Å². The van der Waals surface area contributed by atoms with Gasteiger partial charge in [0.25, 0.3) is 0 Å². The summed E-state index contributed by atoms with van der Waals surface area (Å²) in [6.45, 7) is 6.20. The van der Waals surface area contributed by atoms with Gasteiger partial charge in [0.15, 0.2) is 5.82 Å². The normalized spacial score (nSPS) is 12.5. The third-order valence-electron chi connectivity index (χ3n) is 2.47. The van der Waals surface area contributed by atoms with Crippen LogP contribution in [0.5, 0.6) is 0 Å². The molecule has 0 fully saturated rings.